The maximum atomic E-state index is 12.5. The number of carbonyl (C=O) groups excluding carboxylic acids is 1. The second kappa shape index (κ2) is 33.1. The van der Waals surface area contributed by atoms with Crippen molar-refractivity contribution in [1.82, 2.24) is 0 Å². The first kappa shape index (κ1) is 42.7. The van der Waals surface area contributed by atoms with Crippen molar-refractivity contribution in [2.24, 2.45) is 5.73 Å². The number of carbonyl (C=O) groups is 1. The predicted molar refractivity (Wildman–Crippen MR) is 183 cm³/mol. The molecule has 0 saturated carbocycles. The highest BCUT2D eigenvalue weighted by atomic mass is 31.2. The topological polar surface area (TPSA) is 117 Å². The van der Waals surface area contributed by atoms with E-state index in [1.807, 2.05) is 0 Å². The molecule has 0 rings (SSSR count). The quantitative estimate of drug-likeness (QED) is 0.0314. The summed E-state index contributed by atoms with van der Waals surface area (Å²) in [5.41, 5.74) is 5.34. The van der Waals surface area contributed by atoms with Crippen molar-refractivity contribution in [3.05, 3.63) is 36.5 Å². The van der Waals surface area contributed by atoms with Crippen LogP contribution in [0, 0.1) is 0 Å². The van der Waals surface area contributed by atoms with Crippen molar-refractivity contribution in [3.8, 4) is 0 Å². The van der Waals surface area contributed by atoms with Gasteiger partial charge in [-0.3, -0.25) is 13.8 Å². The molecule has 0 amide bonds. The SMILES string of the molecule is CC/C=C\C/C=C\C/C=C\CCCCCCCC(=O)OC(COCCCCCCCCCCCC)COP(=O)(O)OCCN. The summed E-state index contributed by atoms with van der Waals surface area (Å²) in [5, 5.41) is 0. The van der Waals surface area contributed by atoms with Crippen LogP contribution >= 0.6 is 7.82 Å². The summed E-state index contributed by atoms with van der Waals surface area (Å²) in [6.45, 7) is 4.76. The standard InChI is InChI=1S/C35H66NO7P/c1-3-5-7-9-11-13-15-16-17-18-19-20-22-24-26-28-35(37)43-34(33-42-44(38,39)41-31-29-36)32-40-30-27-25-23-21-14-12-10-8-6-4-2/h5,7,11,13,16-17,34H,3-4,6,8-10,12,14-15,18-33,36H2,1-2H3,(H,38,39)/b7-5-,13-11-,17-16-. The summed E-state index contributed by atoms with van der Waals surface area (Å²) >= 11 is 0. The van der Waals surface area contributed by atoms with E-state index in [0.29, 0.717) is 13.0 Å². The van der Waals surface area contributed by atoms with Gasteiger partial charge in [-0.2, -0.15) is 0 Å². The van der Waals surface area contributed by atoms with E-state index in [4.69, 9.17) is 24.3 Å². The Hall–Kier alpha value is -1.28. The zero-order valence-corrected chi connectivity index (χ0v) is 29.0. The summed E-state index contributed by atoms with van der Waals surface area (Å²) in [5.74, 6) is -0.349. The van der Waals surface area contributed by atoms with Crippen molar-refractivity contribution in [2.45, 2.75) is 148 Å². The molecule has 0 heterocycles. The molecule has 44 heavy (non-hydrogen) atoms. The molecule has 0 aliphatic heterocycles. The fourth-order valence-corrected chi connectivity index (χ4v) is 5.30. The fraction of sp³-hybridized carbons (Fsp3) is 0.800. The largest absolute Gasteiger partial charge is 0.472 e. The lowest BCUT2D eigenvalue weighted by Crippen LogP contribution is -2.28. The molecular weight excluding hydrogens is 577 g/mol. The van der Waals surface area contributed by atoms with Crippen LogP contribution in [0.5, 0.6) is 0 Å². The van der Waals surface area contributed by atoms with Gasteiger partial charge < -0.3 is 20.1 Å². The van der Waals surface area contributed by atoms with Crippen molar-refractivity contribution in [3.63, 3.8) is 0 Å². The normalized spacial score (nSPS) is 14.2. The lowest BCUT2D eigenvalue weighted by Gasteiger charge is -2.20. The number of rotatable bonds is 33. The summed E-state index contributed by atoms with van der Waals surface area (Å²) in [7, 11) is -4.27. The lowest BCUT2D eigenvalue weighted by molar-refractivity contribution is -0.154. The molecule has 9 heteroatoms. The third-order valence-corrected chi connectivity index (χ3v) is 8.06. The Bertz CT molecular complexity index is 772. The Morgan fingerprint density at radius 1 is 0.705 bits per heavy atom. The number of allylic oxidation sites excluding steroid dienone is 6. The molecule has 2 atom stereocenters. The van der Waals surface area contributed by atoms with E-state index in [1.165, 1.54) is 51.4 Å². The molecule has 0 spiro atoms. The Kier molecular flexibility index (Phi) is 32.1. The number of phosphoric ester groups is 1. The van der Waals surface area contributed by atoms with E-state index in [1.54, 1.807) is 0 Å². The number of hydrogen-bond donors (Lipinski definition) is 2. The Morgan fingerprint density at radius 3 is 1.91 bits per heavy atom. The first-order valence-corrected chi connectivity index (χ1v) is 19.0. The number of hydrogen-bond acceptors (Lipinski definition) is 7. The van der Waals surface area contributed by atoms with Crippen LogP contribution in [0.3, 0.4) is 0 Å². The van der Waals surface area contributed by atoms with E-state index < -0.39 is 13.9 Å². The van der Waals surface area contributed by atoms with Gasteiger partial charge >= 0.3 is 13.8 Å². The molecule has 0 bridgehead atoms. The van der Waals surface area contributed by atoms with Gasteiger partial charge in [0.1, 0.15) is 6.10 Å². The number of ether oxygens (including phenoxy) is 2. The molecule has 0 fully saturated rings. The average Bonchev–Trinajstić information content (AvgIpc) is 3.01. The molecule has 8 nitrogen and oxygen atoms in total. The number of nitrogens with two attached hydrogens (primary N) is 1. The van der Waals surface area contributed by atoms with Gasteiger partial charge in [0, 0.05) is 19.6 Å². The molecule has 0 aliphatic carbocycles. The highest BCUT2D eigenvalue weighted by Crippen LogP contribution is 2.43. The Balaban J connectivity index is 4.16. The van der Waals surface area contributed by atoms with E-state index in [-0.39, 0.29) is 32.3 Å². The lowest BCUT2D eigenvalue weighted by atomic mass is 10.1. The summed E-state index contributed by atoms with van der Waals surface area (Å²) < 4.78 is 33.2. The predicted octanol–water partition coefficient (Wildman–Crippen LogP) is 9.52. The Morgan fingerprint density at radius 2 is 1.27 bits per heavy atom. The molecule has 0 aromatic heterocycles. The minimum atomic E-state index is -4.27. The van der Waals surface area contributed by atoms with Gasteiger partial charge in [0.05, 0.1) is 19.8 Å². The van der Waals surface area contributed by atoms with Gasteiger partial charge in [-0.05, 0) is 44.9 Å². The molecule has 258 valence electrons. The van der Waals surface area contributed by atoms with Crippen LogP contribution in [0.4, 0.5) is 0 Å². The van der Waals surface area contributed by atoms with Crippen LogP contribution in [0.2, 0.25) is 0 Å². The van der Waals surface area contributed by atoms with Gasteiger partial charge in [-0.1, -0.05) is 127 Å². The third-order valence-electron chi connectivity index (χ3n) is 7.07. The minimum absolute atomic E-state index is 0.0972. The van der Waals surface area contributed by atoms with E-state index in [9.17, 15) is 14.3 Å². The monoisotopic (exact) mass is 643 g/mol. The Labute approximate surface area is 269 Å². The summed E-state index contributed by atoms with van der Waals surface area (Å²) in [6, 6.07) is 0. The van der Waals surface area contributed by atoms with Crippen LogP contribution in [0.1, 0.15) is 142 Å². The zero-order chi connectivity index (χ0) is 32.4. The first-order valence-electron chi connectivity index (χ1n) is 17.5. The molecule has 0 saturated heterocycles. The molecule has 3 N–H and O–H groups in total. The van der Waals surface area contributed by atoms with Crippen LogP contribution in [0.15, 0.2) is 36.5 Å². The molecule has 2 unspecified atom stereocenters. The summed E-state index contributed by atoms with van der Waals surface area (Å²) in [4.78, 5) is 22.3. The van der Waals surface area contributed by atoms with Gasteiger partial charge in [0.25, 0.3) is 0 Å². The van der Waals surface area contributed by atoms with Gasteiger partial charge in [-0.25, -0.2) is 4.57 Å². The van der Waals surface area contributed by atoms with Crippen LogP contribution < -0.4 is 5.73 Å². The van der Waals surface area contributed by atoms with Crippen molar-refractivity contribution in [2.75, 3.05) is 33.0 Å². The molecule has 0 aliphatic rings. The fourth-order valence-electron chi connectivity index (χ4n) is 4.54. The second-order valence-corrected chi connectivity index (χ2v) is 12.8. The zero-order valence-electron chi connectivity index (χ0n) is 28.1. The molecule has 0 aromatic carbocycles. The van der Waals surface area contributed by atoms with E-state index in [0.717, 1.165) is 70.6 Å². The second-order valence-electron chi connectivity index (χ2n) is 11.4. The maximum Gasteiger partial charge on any atom is 0.472 e. The highest BCUT2D eigenvalue weighted by Gasteiger charge is 2.25. The minimum Gasteiger partial charge on any atom is -0.457 e. The van der Waals surface area contributed by atoms with Gasteiger partial charge in [0.15, 0.2) is 0 Å². The maximum absolute atomic E-state index is 12.5. The average molecular weight is 644 g/mol. The van der Waals surface area contributed by atoms with Crippen LogP contribution in [-0.2, 0) is 27.9 Å². The third kappa shape index (κ3) is 32.1. The molecule has 0 aromatic rings. The molecular formula is C35H66NO7P. The number of esters is 1. The number of unbranched alkanes of at least 4 members (excludes halogenated alkanes) is 14. The number of phosphoric acid groups is 1. The van der Waals surface area contributed by atoms with Crippen molar-refractivity contribution < 1.29 is 32.8 Å². The van der Waals surface area contributed by atoms with E-state index in [2.05, 4.69) is 50.3 Å². The summed E-state index contributed by atoms with van der Waals surface area (Å²) in [6.07, 6.45) is 34.4. The van der Waals surface area contributed by atoms with Crippen LogP contribution in [0.25, 0.3) is 0 Å². The highest BCUT2D eigenvalue weighted by molar-refractivity contribution is 7.47. The first-order chi connectivity index (χ1) is 21.4. The van der Waals surface area contributed by atoms with Crippen molar-refractivity contribution >= 4 is 13.8 Å². The smallest absolute Gasteiger partial charge is 0.457 e. The van der Waals surface area contributed by atoms with Gasteiger partial charge in [-0.15, -0.1) is 0 Å². The molecule has 0 radical (unpaired) electrons. The van der Waals surface area contributed by atoms with E-state index >= 15 is 0 Å². The van der Waals surface area contributed by atoms with Gasteiger partial charge in [0.2, 0.25) is 0 Å². The van der Waals surface area contributed by atoms with Crippen molar-refractivity contribution in [1.29, 1.82) is 0 Å². The van der Waals surface area contributed by atoms with Crippen LogP contribution in [-0.4, -0.2) is 49.9 Å².